The van der Waals surface area contributed by atoms with E-state index in [0.29, 0.717) is 25.6 Å². The van der Waals surface area contributed by atoms with Gasteiger partial charge in [0, 0.05) is 11.5 Å². The van der Waals surface area contributed by atoms with E-state index in [4.69, 9.17) is 9.47 Å². The summed E-state index contributed by atoms with van der Waals surface area (Å²) in [5.41, 5.74) is 2.29. The molecular weight excluding hydrogens is 296 g/mol. The van der Waals surface area contributed by atoms with E-state index in [-0.39, 0.29) is 0 Å². The first kappa shape index (κ1) is 16.6. The lowest BCUT2D eigenvalue weighted by molar-refractivity contribution is -0.105. The third kappa shape index (κ3) is 5.20. The number of hydrogen-bond acceptors (Lipinski definition) is 4. The highest BCUT2D eigenvalue weighted by Gasteiger charge is 2.00. The minimum absolute atomic E-state index is 0.493. The monoisotopic (exact) mass is 316 g/mol. The molecule has 116 valence electrons. The van der Waals surface area contributed by atoms with Crippen LogP contribution in [0.2, 0.25) is 0 Å². The number of thioether (sulfide) groups is 1. The van der Waals surface area contributed by atoms with Gasteiger partial charge >= 0.3 is 0 Å². The summed E-state index contributed by atoms with van der Waals surface area (Å²) >= 11 is 1.54. The largest absolute Gasteiger partial charge is 0.491 e. The van der Waals surface area contributed by atoms with Crippen LogP contribution in [0, 0.1) is 0 Å². The van der Waals surface area contributed by atoms with E-state index in [1.54, 1.807) is 0 Å². The number of benzene rings is 2. The van der Waals surface area contributed by atoms with Crippen molar-refractivity contribution in [3.05, 3.63) is 48.5 Å². The highest BCUT2D eigenvalue weighted by atomic mass is 32.2. The average molecular weight is 316 g/mol. The van der Waals surface area contributed by atoms with Gasteiger partial charge in [-0.2, -0.15) is 0 Å². The van der Waals surface area contributed by atoms with Gasteiger partial charge in [0.1, 0.15) is 18.6 Å². The summed E-state index contributed by atoms with van der Waals surface area (Å²) in [6.45, 7) is 3.86. The first-order chi connectivity index (χ1) is 10.8. The van der Waals surface area contributed by atoms with Gasteiger partial charge in [-0.3, -0.25) is 0 Å². The highest BCUT2D eigenvalue weighted by molar-refractivity contribution is 7.99. The van der Waals surface area contributed by atoms with Gasteiger partial charge in [0.25, 0.3) is 0 Å². The minimum Gasteiger partial charge on any atom is -0.491 e. The van der Waals surface area contributed by atoms with Gasteiger partial charge in [-0.25, -0.2) is 0 Å². The minimum atomic E-state index is 0.493. The number of carbonyl (C=O) groups is 1. The van der Waals surface area contributed by atoms with Gasteiger partial charge in [-0.1, -0.05) is 24.3 Å². The van der Waals surface area contributed by atoms with E-state index >= 15 is 0 Å². The first-order valence-corrected chi connectivity index (χ1v) is 8.29. The third-order valence-corrected chi connectivity index (χ3v) is 3.97. The van der Waals surface area contributed by atoms with Crippen LogP contribution in [0.4, 0.5) is 0 Å². The maximum Gasteiger partial charge on any atom is 0.130 e. The Balaban J connectivity index is 1.93. The van der Waals surface area contributed by atoms with Crippen molar-refractivity contribution in [2.45, 2.75) is 11.8 Å². The maximum absolute atomic E-state index is 10.4. The van der Waals surface area contributed by atoms with E-state index in [1.807, 2.05) is 43.3 Å². The number of rotatable bonds is 9. The predicted molar refractivity (Wildman–Crippen MR) is 90.7 cm³/mol. The van der Waals surface area contributed by atoms with Crippen molar-refractivity contribution in [3.63, 3.8) is 0 Å². The van der Waals surface area contributed by atoms with E-state index < -0.39 is 0 Å². The fraction of sp³-hybridized carbons (Fsp3) is 0.278. The zero-order chi connectivity index (χ0) is 15.6. The van der Waals surface area contributed by atoms with Gasteiger partial charge in [-0.15, -0.1) is 11.8 Å². The molecule has 2 rings (SSSR count). The normalized spacial score (nSPS) is 10.4. The smallest absolute Gasteiger partial charge is 0.130 e. The molecule has 0 aliphatic rings. The molecule has 0 saturated carbocycles. The van der Waals surface area contributed by atoms with Crippen molar-refractivity contribution in [1.29, 1.82) is 0 Å². The SMILES string of the molecule is CCOCCOc1ccc(-c2ccc(SCC=O)cc2)cc1. The van der Waals surface area contributed by atoms with Crippen molar-refractivity contribution in [3.8, 4) is 16.9 Å². The Labute approximate surface area is 135 Å². The Kier molecular flexibility index (Phi) is 7.00. The second-order valence-electron chi connectivity index (χ2n) is 4.57. The third-order valence-electron chi connectivity index (χ3n) is 3.06. The summed E-state index contributed by atoms with van der Waals surface area (Å²) in [5, 5.41) is 0. The van der Waals surface area contributed by atoms with Crippen molar-refractivity contribution >= 4 is 18.0 Å². The molecule has 2 aromatic carbocycles. The summed E-state index contributed by atoms with van der Waals surface area (Å²) in [7, 11) is 0. The average Bonchev–Trinajstić information content (AvgIpc) is 2.58. The number of aldehydes is 1. The standard InChI is InChI=1S/C18H20O3S/c1-2-20-12-13-21-17-7-3-15(4-8-17)16-5-9-18(10-6-16)22-14-11-19/h3-11H,2,12-14H2,1H3. The van der Waals surface area contributed by atoms with Crippen LogP contribution in [0.25, 0.3) is 11.1 Å². The quantitative estimate of drug-likeness (QED) is 0.397. The summed E-state index contributed by atoms with van der Waals surface area (Å²) in [6.07, 6.45) is 0.919. The summed E-state index contributed by atoms with van der Waals surface area (Å²) < 4.78 is 10.8. The molecule has 0 spiro atoms. The second kappa shape index (κ2) is 9.28. The lowest BCUT2D eigenvalue weighted by atomic mass is 10.1. The predicted octanol–water partition coefficient (Wildman–Crippen LogP) is 4.06. The molecule has 0 bridgehead atoms. The fourth-order valence-corrected chi connectivity index (χ4v) is 2.57. The van der Waals surface area contributed by atoms with Crippen LogP contribution < -0.4 is 4.74 Å². The molecule has 0 aromatic heterocycles. The molecule has 0 fully saturated rings. The van der Waals surface area contributed by atoms with Crippen LogP contribution in [-0.4, -0.2) is 31.9 Å². The topological polar surface area (TPSA) is 35.5 Å². The Morgan fingerprint density at radius 2 is 1.59 bits per heavy atom. The summed E-state index contributed by atoms with van der Waals surface area (Å²) in [4.78, 5) is 11.5. The van der Waals surface area contributed by atoms with Crippen molar-refractivity contribution < 1.29 is 14.3 Å². The maximum atomic E-state index is 10.4. The summed E-state index contributed by atoms with van der Waals surface area (Å²) in [5.74, 6) is 1.34. The van der Waals surface area contributed by atoms with E-state index in [0.717, 1.165) is 28.1 Å². The van der Waals surface area contributed by atoms with Gasteiger partial charge in [0.15, 0.2) is 0 Å². The van der Waals surface area contributed by atoms with Gasteiger partial charge in [0.2, 0.25) is 0 Å². The van der Waals surface area contributed by atoms with Crippen LogP contribution in [0.1, 0.15) is 6.92 Å². The van der Waals surface area contributed by atoms with E-state index in [2.05, 4.69) is 12.1 Å². The molecule has 0 N–H and O–H groups in total. The Hall–Kier alpha value is -1.78. The van der Waals surface area contributed by atoms with Crippen molar-refractivity contribution in [2.24, 2.45) is 0 Å². The molecule has 3 nitrogen and oxygen atoms in total. The lowest BCUT2D eigenvalue weighted by Crippen LogP contribution is -2.06. The Bertz CT molecular complexity index is 564. The molecular formula is C18H20O3S. The first-order valence-electron chi connectivity index (χ1n) is 7.31. The van der Waals surface area contributed by atoms with Gasteiger partial charge in [-0.05, 0) is 42.3 Å². The molecule has 0 saturated heterocycles. The van der Waals surface area contributed by atoms with E-state index in [1.165, 1.54) is 11.8 Å². The fourth-order valence-electron chi connectivity index (χ4n) is 1.98. The Morgan fingerprint density at radius 3 is 2.18 bits per heavy atom. The van der Waals surface area contributed by atoms with Crippen LogP contribution >= 0.6 is 11.8 Å². The number of ether oxygens (including phenoxy) is 2. The van der Waals surface area contributed by atoms with Crippen molar-refractivity contribution in [2.75, 3.05) is 25.6 Å². The number of carbonyl (C=O) groups excluding carboxylic acids is 1. The van der Waals surface area contributed by atoms with Crippen LogP contribution in [0.5, 0.6) is 5.75 Å². The van der Waals surface area contributed by atoms with Crippen molar-refractivity contribution in [1.82, 2.24) is 0 Å². The number of hydrogen-bond donors (Lipinski definition) is 0. The molecule has 0 radical (unpaired) electrons. The molecule has 0 heterocycles. The van der Waals surface area contributed by atoms with Gasteiger partial charge in [0.05, 0.1) is 12.4 Å². The second-order valence-corrected chi connectivity index (χ2v) is 5.67. The Morgan fingerprint density at radius 1 is 0.955 bits per heavy atom. The zero-order valence-corrected chi connectivity index (χ0v) is 13.5. The summed E-state index contributed by atoms with van der Waals surface area (Å²) in [6, 6.07) is 16.2. The molecule has 0 atom stereocenters. The molecule has 0 amide bonds. The van der Waals surface area contributed by atoms with Crippen LogP contribution in [0.3, 0.4) is 0 Å². The van der Waals surface area contributed by atoms with E-state index in [9.17, 15) is 4.79 Å². The molecule has 0 aliphatic heterocycles. The molecule has 0 aliphatic carbocycles. The molecule has 2 aromatic rings. The molecule has 0 unspecified atom stereocenters. The molecule has 22 heavy (non-hydrogen) atoms. The molecule has 4 heteroatoms. The lowest BCUT2D eigenvalue weighted by Gasteiger charge is -2.08. The van der Waals surface area contributed by atoms with Crippen LogP contribution in [-0.2, 0) is 9.53 Å². The van der Waals surface area contributed by atoms with Crippen LogP contribution in [0.15, 0.2) is 53.4 Å². The van der Waals surface area contributed by atoms with Gasteiger partial charge < -0.3 is 14.3 Å². The highest BCUT2D eigenvalue weighted by Crippen LogP contribution is 2.25. The zero-order valence-electron chi connectivity index (χ0n) is 12.7.